The van der Waals surface area contributed by atoms with E-state index in [9.17, 15) is 17.6 Å². The van der Waals surface area contributed by atoms with Gasteiger partial charge in [0.1, 0.15) is 0 Å². The van der Waals surface area contributed by atoms with Gasteiger partial charge < -0.3 is 4.74 Å². The molecule has 0 fully saturated rings. The lowest BCUT2D eigenvalue weighted by atomic mass is 10.0. The van der Waals surface area contributed by atoms with Gasteiger partial charge in [-0.2, -0.15) is 5.10 Å². The van der Waals surface area contributed by atoms with E-state index in [0.29, 0.717) is 16.6 Å². The number of aryl methyl sites for hydroxylation is 1. The third-order valence-electron chi connectivity index (χ3n) is 5.34. The number of rotatable bonds is 7. The van der Waals surface area contributed by atoms with Crippen molar-refractivity contribution in [2.45, 2.75) is 24.6 Å². The third kappa shape index (κ3) is 3.75. The van der Waals surface area contributed by atoms with Gasteiger partial charge in [-0.15, -0.1) is 0 Å². The van der Waals surface area contributed by atoms with Crippen molar-refractivity contribution in [1.82, 2.24) is 15.3 Å². The lowest BCUT2D eigenvalue weighted by Gasteiger charge is -2.25. The normalized spacial score (nSPS) is 13.8. The second-order valence-corrected chi connectivity index (χ2v) is 9.60. The fourth-order valence-corrected chi connectivity index (χ4v) is 4.07. The second-order valence-electron chi connectivity index (χ2n) is 7.16. The van der Waals surface area contributed by atoms with Crippen LogP contribution in [0.5, 0.6) is 5.75 Å². The Morgan fingerprint density at radius 1 is 1.33 bits per heavy atom. The van der Waals surface area contributed by atoms with Gasteiger partial charge in [-0.05, 0) is 37.1 Å². The number of fused-ring (bicyclic) bond motifs is 1. The van der Waals surface area contributed by atoms with Crippen molar-refractivity contribution < 1.29 is 27.5 Å². The number of hydroxylamine groups is 1. The van der Waals surface area contributed by atoms with Crippen LogP contribution in [0.1, 0.15) is 13.3 Å². The monoisotopic (exact) mass is 435 g/mol. The SMILES string of the molecule is COc1cccc(-c2ccc3c(cnn3CCC(C)(C(=O)NO)S(C)(=O)=O)c2)c1F. The van der Waals surface area contributed by atoms with Crippen molar-refractivity contribution >= 4 is 26.6 Å². The maximum absolute atomic E-state index is 14.6. The fraction of sp³-hybridized carbons (Fsp3) is 0.300. The Morgan fingerprint density at radius 3 is 2.70 bits per heavy atom. The highest BCUT2D eigenvalue weighted by molar-refractivity contribution is 7.92. The average molecular weight is 435 g/mol. The van der Waals surface area contributed by atoms with E-state index in [4.69, 9.17) is 9.94 Å². The number of nitrogens with zero attached hydrogens (tertiary/aromatic N) is 2. The van der Waals surface area contributed by atoms with E-state index >= 15 is 0 Å². The topological polar surface area (TPSA) is 111 Å². The van der Waals surface area contributed by atoms with Crippen LogP contribution in [-0.2, 0) is 21.2 Å². The summed E-state index contributed by atoms with van der Waals surface area (Å²) in [5.74, 6) is -1.33. The van der Waals surface area contributed by atoms with E-state index in [0.717, 1.165) is 11.6 Å². The molecular formula is C20H22FN3O5S. The van der Waals surface area contributed by atoms with Crippen molar-refractivity contribution in [3.05, 3.63) is 48.4 Å². The van der Waals surface area contributed by atoms with Crippen LogP contribution in [0.15, 0.2) is 42.6 Å². The quantitative estimate of drug-likeness (QED) is 0.436. The smallest absolute Gasteiger partial charge is 0.264 e. The molecule has 1 unspecified atom stereocenters. The van der Waals surface area contributed by atoms with E-state index < -0.39 is 26.3 Å². The summed E-state index contributed by atoms with van der Waals surface area (Å²) >= 11 is 0. The van der Waals surface area contributed by atoms with Gasteiger partial charge in [0.2, 0.25) is 0 Å². The molecule has 8 nitrogen and oxygen atoms in total. The first-order chi connectivity index (χ1) is 14.1. The minimum Gasteiger partial charge on any atom is -0.494 e. The minimum atomic E-state index is -3.80. The highest BCUT2D eigenvalue weighted by atomic mass is 32.2. The Morgan fingerprint density at radius 2 is 2.07 bits per heavy atom. The van der Waals surface area contributed by atoms with Gasteiger partial charge in [0, 0.05) is 23.8 Å². The van der Waals surface area contributed by atoms with Crippen molar-refractivity contribution in [2.75, 3.05) is 13.4 Å². The van der Waals surface area contributed by atoms with Crippen LogP contribution in [0.3, 0.4) is 0 Å². The molecule has 0 aliphatic carbocycles. The van der Waals surface area contributed by atoms with Gasteiger partial charge in [0.15, 0.2) is 26.2 Å². The van der Waals surface area contributed by atoms with Crippen molar-refractivity contribution in [1.29, 1.82) is 0 Å². The molecule has 0 saturated carbocycles. The number of methoxy groups -OCH3 is 1. The third-order valence-corrected chi connectivity index (χ3v) is 7.36. The van der Waals surface area contributed by atoms with Crippen LogP contribution in [-0.4, -0.2) is 47.4 Å². The Labute approximate surface area is 173 Å². The van der Waals surface area contributed by atoms with Gasteiger partial charge in [-0.3, -0.25) is 14.7 Å². The first-order valence-electron chi connectivity index (χ1n) is 9.05. The summed E-state index contributed by atoms with van der Waals surface area (Å²) in [4.78, 5) is 12.0. The van der Waals surface area contributed by atoms with Gasteiger partial charge in [0.25, 0.3) is 5.91 Å². The van der Waals surface area contributed by atoms with E-state index in [1.54, 1.807) is 41.2 Å². The molecule has 2 N–H and O–H groups in total. The first-order valence-corrected chi connectivity index (χ1v) is 10.9. The van der Waals surface area contributed by atoms with Crippen LogP contribution >= 0.6 is 0 Å². The zero-order valence-electron chi connectivity index (χ0n) is 16.7. The molecule has 0 aliphatic rings. The molecule has 1 heterocycles. The zero-order chi connectivity index (χ0) is 22.1. The summed E-state index contributed by atoms with van der Waals surface area (Å²) in [6, 6.07) is 10.1. The molecule has 3 rings (SSSR count). The summed E-state index contributed by atoms with van der Waals surface area (Å²) in [5.41, 5.74) is 3.14. The zero-order valence-corrected chi connectivity index (χ0v) is 17.5. The number of sulfone groups is 1. The average Bonchev–Trinajstić information content (AvgIpc) is 3.12. The number of nitrogens with one attached hydrogen (secondary N) is 1. The van der Waals surface area contributed by atoms with E-state index in [1.807, 2.05) is 0 Å². The molecule has 1 amide bonds. The van der Waals surface area contributed by atoms with E-state index in [-0.39, 0.29) is 18.7 Å². The summed E-state index contributed by atoms with van der Waals surface area (Å²) in [6.07, 6.45) is 2.43. The van der Waals surface area contributed by atoms with Gasteiger partial charge in [-0.1, -0.05) is 18.2 Å². The molecule has 10 heteroatoms. The summed E-state index contributed by atoms with van der Waals surface area (Å²) < 4.78 is 43.6. The number of ether oxygens (including phenoxy) is 1. The van der Waals surface area contributed by atoms with Gasteiger partial charge >= 0.3 is 0 Å². The van der Waals surface area contributed by atoms with Crippen LogP contribution in [0.2, 0.25) is 0 Å². The Kier molecular flexibility index (Phi) is 5.82. The molecule has 1 atom stereocenters. The molecule has 30 heavy (non-hydrogen) atoms. The van der Waals surface area contributed by atoms with Gasteiger partial charge in [-0.25, -0.2) is 18.3 Å². The molecular weight excluding hydrogens is 413 g/mol. The van der Waals surface area contributed by atoms with Crippen molar-refractivity contribution in [3.63, 3.8) is 0 Å². The number of carbonyl (C=O) groups is 1. The molecule has 1 aromatic heterocycles. The number of hydrogen-bond acceptors (Lipinski definition) is 6. The maximum atomic E-state index is 14.6. The Hall–Kier alpha value is -2.98. The number of hydrogen-bond donors (Lipinski definition) is 2. The maximum Gasteiger partial charge on any atom is 0.264 e. The largest absolute Gasteiger partial charge is 0.494 e. The predicted molar refractivity (Wildman–Crippen MR) is 109 cm³/mol. The number of benzene rings is 2. The second kappa shape index (κ2) is 8.04. The molecule has 0 bridgehead atoms. The minimum absolute atomic E-state index is 0.0960. The Bertz CT molecular complexity index is 1210. The van der Waals surface area contributed by atoms with Gasteiger partial charge in [0.05, 0.1) is 18.8 Å². The highest BCUT2D eigenvalue weighted by Gasteiger charge is 2.43. The standard InChI is InChI=1S/C20H22FN3O5S/c1-20(19(25)23-26,30(3,27)28)9-10-24-16-8-7-13(11-14(16)12-22-24)15-5-4-6-17(29-2)18(15)21/h4-8,11-12,26H,9-10H2,1-3H3,(H,23,25). The molecule has 160 valence electrons. The Balaban J connectivity index is 1.93. The summed E-state index contributed by atoms with van der Waals surface area (Å²) in [7, 11) is -2.40. The van der Waals surface area contributed by atoms with Crippen LogP contribution < -0.4 is 10.2 Å². The molecule has 0 aliphatic heterocycles. The summed E-state index contributed by atoms with van der Waals surface area (Å²) in [6.45, 7) is 1.37. The molecule has 0 radical (unpaired) electrons. The van der Waals surface area contributed by atoms with E-state index in [1.165, 1.54) is 25.6 Å². The fourth-order valence-electron chi connectivity index (χ4n) is 3.23. The lowest BCUT2D eigenvalue weighted by molar-refractivity contribution is -0.131. The van der Waals surface area contributed by atoms with Crippen LogP contribution in [0, 0.1) is 5.82 Å². The molecule has 2 aromatic carbocycles. The number of aromatic nitrogens is 2. The van der Waals surface area contributed by atoms with Crippen molar-refractivity contribution in [2.24, 2.45) is 0 Å². The summed E-state index contributed by atoms with van der Waals surface area (Å²) in [5, 5.41) is 13.9. The highest BCUT2D eigenvalue weighted by Crippen LogP contribution is 2.31. The molecule has 3 aromatic rings. The van der Waals surface area contributed by atoms with Crippen molar-refractivity contribution in [3.8, 4) is 16.9 Å². The molecule has 0 spiro atoms. The number of halogens is 1. The first kappa shape index (κ1) is 21.7. The van der Waals surface area contributed by atoms with E-state index in [2.05, 4.69) is 5.10 Å². The predicted octanol–water partition coefficient (Wildman–Crippen LogP) is 2.55. The number of carbonyl (C=O) groups excluding carboxylic acids is 1. The van der Waals surface area contributed by atoms with Crippen LogP contribution in [0.25, 0.3) is 22.0 Å². The van der Waals surface area contributed by atoms with Crippen LogP contribution in [0.4, 0.5) is 4.39 Å². The molecule has 0 saturated heterocycles. The lowest BCUT2D eigenvalue weighted by Crippen LogP contribution is -2.49. The number of amides is 1.